The van der Waals surface area contributed by atoms with Crippen molar-refractivity contribution in [3.8, 4) is 0 Å². The van der Waals surface area contributed by atoms with Crippen LogP contribution < -0.4 is 21.7 Å². The lowest BCUT2D eigenvalue weighted by Gasteiger charge is -2.09. The minimum Gasteiger partial charge on any atom is -0.370 e. The van der Waals surface area contributed by atoms with Crippen molar-refractivity contribution in [2.24, 2.45) is 11.6 Å². The minimum atomic E-state index is -4.16. The van der Waals surface area contributed by atoms with Gasteiger partial charge in [0.05, 0.1) is 4.92 Å². The lowest BCUT2D eigenvalue weighted by atomic mass is 10.3. The zero-order valence-electron chi connectivity index (χ0n) is 10.2. The number of nitro benzene ring substituents is 1. The van der Waals surface area contributed by atoms with Gasteiger partial charge < -0.3 is 11.2 Å². The Kier molecular flexibility index (Phi) is 4.96. The first-order valence-electron chi connectivity index (χ1n) is 5.31. The van der Waals surface area contributed by atoms with E-state index in [9.17, 15) is 23.3 Å². The highest BCUT2D eigenvalue weighted by molar-refractivity contribution is 7.89. The Balaban J connectivity index is 3.18. The molecular formula is C9H13N5O5S. The van der Waals surface area contributed by atoms with Gasteiger partial charge in [-0.05, 0) is 12.1 Å². The third-order valence-corrected chi connectivity index (χ3v) is 3.78. The van der Waals surface area contributed by atoms with Gasteiger partial charge in [-0.1, -0.05) is 6.07 Å². The van der Waals surface area contributed by atoms with Crippen molar-refractivity contribution >= 4 is 27.3 Å². The molecule has 110 valence electrons. The highest BCUT2D eigenvalue weighted by Crippen LogP contribution is 2.31. The van der Waals surface area contributed by atoms with Crippen LogP contribution in [-0.4, -0.2) is 25.8 Å². The third kappa shape index (κ3) is 3.63. The van der Waals surface area contributed by atoms with E-state index in [0.717, 1.165) is 6.07 Å². The fraction of sp³-hybridized carbons (Fsp3) is 0.222. The molecule has 0 aliphatic rings. The Bertz CT molecular complexity index is 630. The number of rotatable bonds is 7. The lowest BCUT2D eigenvalue weighted by Crippen LogP contribution is -2.28. The summed E-state index contributed by atoms with van der Waals surface area (Å²) in [5.41, 5.74) is 6.11. The van der Waals surface area contributed by atoms with Gasteiger partial charge in [-0.25, -0.2) is 13.1 Å². The van der Waals surface area contributed by atoms with Crippen LogP contribution in [0, 0.1) is 10.1 Å². The summed E-state index contributed by atoms with van der Waals surface area (Å²) in [7, 11) is -4.16. The van der Waals surface area contributed by atoms with Gasteiger partial charge in [-0.15, -0.1) is 0 Å². The number of sulfonamides is 1. The number of carbonyl (C=O) groups is 1. The van der Waals surface area contributed by atoms with E-state index in [-0.39, 0.29) is 18.7 Å². The molecule has 1 aromatic carbocycles. The number of benzene rings is 1. The Hall–Kier alpha value is -2.24. The second kappa shape index (κ2) is 6.27. The standard InChI is InChI=1S/C9H13N5O5S/c10-8(15)4-5-12-20(18,19)7-3-1-2-6(13-11)9(7)14(16)17/h1-3,12-13H,4-5,11H2,(H2,10,15). The van der Waals surface area contributed by atoms with Crippen LogP contribution in [0.5, 0.6) is 0 Å². The molecule has 0 atom stereocenters. The second-order valence-corrected chi connectivity index (χ2v) is 5.40. The quantitative estimate of drug-likeness (QED) is 0.285. The molecule has 20 heavy (non-hydrogen) atoms. The first kappa shape index (κ1) is 15.8. The molecule has 0 bridgehead atoms. The summed E-state index contributed by atoms with van der Waals surface area (Å²) in [5.74, 6) is 4.41. The van der Waals surface area contributed by atoms with Crippen molar-refractivity contribution in [3.63, 3.8) is 0 Å². The van der Waals surface area contributed by atoms with Crippen LogP contribution in [0.25, 0.3) is 0 Å². The highest BCUT2D eigenvalue weighted by atomic mass is 32.2. The van der Waals surface area contributed by atoms with Crippen LogP contribution in [0.2, 0.25) is 0 Å². The molecule has 0 spiro atoms. The highest BCUT2D eigenvalue weighted by Gasteiger charge is 2.28. The number of amides is 1. The molecule has 0 fully saturated rings. The van der Waals surface area contributed by atoms with E-state index >= 15 is 0 Å². The second-order valence-electron chi connectivity index (χ2n) is 3.67. The van der Waals surface area contributed by atoms with E-state index in [1.165, 1.54) is 12.1 Å². The molecule has 1 rings (SSSR count). The molecule has 0 heterocycles. The maximum Gasteiger partial charge on any atom is 0.313 e. The number of anilines is 1. The van der Waals surface area contributed by atoms with Crippen molar-refractivity contribution in [1.29, 1.82) is 0 Å². The maximum absolute atomic E-state index is 12.0. The average molecular weight is 303 g/mol. The Labute approximate surface area is 114 Å². The Morgan fingerprint density at radius 2 is 2.05 bits per heavy atom. The number of nitrogen functional groups attached to an aromatic ring is 1. The Morgan fingerprint density at radius 1 is 1.40 bits per heavy atom. The number of nitro groups is 1. The van der Waals surface area contributed by atoms with Crippen LogP contribution in [-0.2, 0) is 14.8 Å². The van der Waals surface area contributed by atoms with Crippen LogP contribution in [0.15, 0.2) is 23.1 Å². The van der Waals surface area contributed by atoms with E-state index in [1.54, 1.807) is 0 Å². The zero-order chi connectivity index (χ0) is 15.3. The third-order valence-electron chi connectivity index (χ3n) is 2.29. The van der Waals surface area contributed by atoms with Gasteiger partial charge >= 0.3 is 5.69 Å². The van der Waals surface area contributed by atoms with Gasteiger partial charge in [0.15, 0.2) is 4.90 Å². The van der Waals surface area contributed by atoms with Crippen LogP contribution >= 0.6 is 0 Å². The Morgan fingerprint density at radius 3 is 2.55 bits per heavy atom. The molecule has 1 aromatic rings. The summed E-state index contributed by atoms with van der Waals surface area (Å²) in [5, 5.41) is 11.0. The summed E-state index contributed by atoms with van der Waals surface area (Å²) < 4.78 is 26.0. The van der Waals surface area contributed by atoms with Crippen molar-refractivity contribution in [2.75, 3.05) is 12.0 Å². The summed E-state index contributed by atoms with van der Waals surface area (Å²) in [6, 6.07) is 3.62. The number of hydrogen-bond donors (Lipinski definition) is 4. The monoisotopic (exact) mass is 303 g/mol. The number of carbonyl (C=O) groups excluding carboxylic acids is 1. The molecule has 11 heteroatoms. The molecule has 6 N–H and O–H groups in total. The lowest BCUT2D eigenvalue weighted by molar-refractivity contribution is -0.386. The maximum atomic E-state index is 12.0. The molecule has 0 saturated heterocycles. The topological polar surface area (TPSA) is 170 Å². The van der Waals surface area contributed by atoms with Crippen LogP contribution in [0.1, 0.15) is 6.42 Å². The van der Waals surface area contributed by atoms with E-state index in [2.05, 4.69) is 10.1 Å². The smallest absolute Gasteiger partial charge is 0.313 e. The molecule has 0 aliphatic carbocycles. The van der Waals surface area contributed by atoms with Gasteiger partial charge in [0.25, 0.3) is 0 Å². The van der Waals surface area contributed by atoms with Crippen molar-refractivity contribution < 1.29 is 18.1 Å². The number of primary amides is 1. The number of hydrazine groups is 1. The first-order chi connectivity index (χ1) is 9.29. The normalized spacial score (nSPS) is 11.1. The van der Waals surface area contributed by atoms with E-state index < -0.39 is 31.4 Å². The van der Waals surface area contributed by atoms with E-state index in [1.807, 2.05) is 0 Å². The number of nitrogens with two attached hydrogens (primary N) is 2. The molecule has 0 unspecified atom stereocenters. The average Bonchev–Trinajstić information content (AvgIpc) is 2.36. The van der Waals surface area contributed by atoms with E-state index in [0.29, 0.717) is 0 Å². The SMILES string of the molecule is NNc1cccc(S(=O)(=O)NCCC(N)=O)c1[N+](=O)[O-]. The van der Waals surface area contributed by atoms with Crippen LogP contribution in [0.3, 0.4) is 0 Å². The molecular weight excluding hydrogens is 290 g/mol. The fourth-order valence-electron chi connectivity index (χ4n) is 1.43. The summed E-state index contributed by atoms with van der Waals surface area (Å²) >= 11 is 0. The summed E-state index contributed by atoms with van der Waals surface area (Å²) in [6.45, 7) is -0.255. The first-order valence-corrected chi connectivity index (χ1v) is 6.80. The largest absolute Gasteiger partial charge is 0.370 e. The number of para-hydroxylation sites is 1. The summed E-state index contributed by atoms with van der Waals surface area (Å²) in [6.07, 6.45) is -0.220. The molecule has 0 saturated carbocycles. The number of nitrogens with zero attached hydrogens (tertiary/aromatic N) is 1. The molecule has 0 radical (unpaired) electrons. The zero-order valence-corrected chi connectivity index (χ0v) is 11.0. The van der Waals surface area contributed by atoms with Crippen LogP contribution in [0.4, 0.5) is 11.4 Å². The predicted octanol–water partition coefficient (Wildman–Crippen LogP) is -0.966. The van der Waals surface area contributed by atoms with Crippen molar-refractivity contribution in [1.82, 2.24) is 4.72 Å². The van der Waals surface area contributed by atoms with Crippen molar-refractivity contribution in [2.45, 2.75) is 11.3 Å². The predicted molar refractivity (Wildman–Crippen MR) is 69.9 cm³/mol. The van der Waals surface area contributed by atoms with Gasteiger partial charge in [0, 0.05) is 13.0 Å². The molecule has 0 aromatic heterocycles. The van der Waals surface area contributed by atoms with Gasteiger partial charge in [-0.3, -0.25) is 20.8 Å². The van der Waals surface area contributed by atoms with Gasteiger partial charge in [0.1, 0.15) is 5.69 Å². The molecule has 10 nitrogen and oxygen atoms in total. The van der Waals surface area contributed by atoms with Gasteiger partial charge in [0.2, 0.25) is 15.9 Å². The number of nitrogens with one attached hydrogen (secondary N) is 2. The number of hydrogen-bond acceptors (Lipinski definition) is 7. The van der Waals surface area contributed by atoms with Crippen molar-refractivity contribution in [3.05, 3.63) is 28.3 Å². The summed E-state index contributed by atoms with van der Waals surface area (Å²) in [4.78, 5) is 20.1. The molecule has 0 aliphatic heterocycles. The van der Waals surface area contributed by atoms with E-state index in [4.69, 9.17) is 11.6 Å². The fourth-order valence-corrected chi connectivity index (χ4v) is 2.65. The minimum absolute atomic E-state index is 0.146. The van der Waals surface area contributed by atoms with Gasteiger partial charge in [-0.2, -0.15) is 0 Å². The molecule has 1 amide bonds.